The second-order valence-corrected chi connectivity index (χ2v) is 6.26. The first-order valence-corrected chi connectivity index (χ1v) is 7.99. The number of carbonyl (C=O) groups excluding carboxylic acids is 1. The number of anilines is 1. The molecule has 0 aromatic carbocycles. The number of alkyl halides is 3. The quantitative estimate of drug-likeness (QED) is 0.843. The van der Waals surface area contributed by atoms with E-state index in [1.165, 1.54) is 21.7 Å². The summed E-state index contributed by atoms with van der Waals surface area (Å²) >= 11 is 0. The number of hydrogen-bond acceptors (Lipinski definition) is 3. The number of pyridine rings is 1. The molecule has 10 heteroatoms. The predicted octanol–water partition coefficient (Wildman–Crippen LogP) is 3.16. The Morgan fingerprint density at radius 2 is 2.23 bits per heavy atom. The fourth-order valence-electron chi connectivity index (χ4n) is 2.96. The number of aryl methyl sites for hydroxylation is 1. The van der Waals surface area contributed by atoms with Gasteiger partial charge in [0.1, 0.15) is 5.82 Å². The van der Waals surface area contributed by atoms with Crippen molar-refractivity contribution < 1.29 is 22.4 Å². The molecule has 2 aromatic rings. The van der Waals surface area contributed by atoms with Crippen molar-refractivity contribution in [3.63, 3.8) is 0 Å². The third kappa shape index (κ3) is 3.94. The van der Waals surface area contributed by atoms with Crippen molar-refractivity contribution >= 4 is 11.7 Å². The van der Waals surface area contributed by atoms with E-state index in [1.807, 2.05) is 0 Å². The lowest BCUT2D eigenvalue weighted by molar-refractivity contribution is -0.141. The van der Waals surface area contributed by atoms with Gasteiger partial charge in [-0.1, -0.05) is 0 Å². The number of halogens is 4. The Kier molecular flexibility index (Phi) is 4.84. The molecule has 3 heterocycles. The fraction of sp³-hybridized carbons (Fsp3) is 0.438. The van der Waals surface area contributed by atoms with Crippen molar-refractivity contribution in [1.29, 1.82) is 0 Å². The van der Waals surface area contributed by atoms with E-state index in [1.54, 1.807) is 7.05 Å². The van der Waals surface area contributed by atoms with Crippen LogP contribution in [0.1, 0.15) is 17.9 Å². The van der Waals surface area contributed by atoms with Crippen LogP contribution in [0.2, 0.25) is 0 Å². The first kappa shape index (κ1) is 18.2. The maximum atomic E-state index is 13.5. The van der Waals surface area contributed by atoms with Crippen LogP contribution in [0.4, 0.5) is 28.0 Å². The predicted molar refractivity (Wildman–Crippen MR) is 84.9 cm³/mol. The largest absolute Gasteiger partial charge is 0.434 e. The number of fused-ring (bicyclic) bond motifs is 1. The molecule has 1 aliphatic heterocycles. The Bertz CT molecular complexity index is 804. The Morgan fingerprint density at radius 1 is 1.46 bits per heavy atom. The van der Waals surface area contributed by atoms with E-state index in [0.29, 0.717) is 31.8 Å². The molecule has 26 heavy (non-hydrogen) atoms. The first-order chi connectivity index (χ1) is 12.2. The lowest BCUT2D eigenvalue weighted by atomic mass is 9.99. The summed E-state index contributed by atoms with van der Waals surface area (Å²) in [4.78, 5) is 20.8. The Labute approximate surface area is 146 Å². The SMILES string of the molecule is CN(CC1CCc2nc(C(F)(F)F)cn2C1)C(=O)Nc1ccncc1F. The third-order valence-electron chi connectivity index (χ3n) is 4.27. The summed E-state index contributed by atoms with van der Waals surface area (Å²) in [6, 6.07) is 0.848. The van der Waals surface area contributed by atoms with Gasteiger partial charge in [-0.25, -0.2) is 14.2 Å². The van der Waals surface area contributed by atoms with Crippen molar-refractivity contribution in [2.75, 3.05) is 18.9 Å². The number of hydrogen-bond donors (Lipinski definition) is 1. The molecule has 3 rings (SSSR count). The lowest BCUT2D eigenvalue weighted by Crippen LogP contribution is -2.38. The number of nitrogens with zero attached hydrogens (tertiary/aromatic N) is 4. The van der Waals surface area contributed by atoms with Gasteiger partial charge in [0.2, 0.25) is 0 Å². The van der Waals surface area contributed by atoms with Gasteiger partial charge in [0.25, 0.3) is 0 Å². The van der Waals surface area contributed by atoms with Crippen LogP contribution in [0, 0.1) is 11.7 Å². The van der Waals surface area contributed by atoms with Gasteiger partial charge >= 0.3 is 12.2 Å². The normalized spacial score (nSPS) is 16.9. The molecule has 1 aliphatic rings. The molecule has 140 valence electrons. The molecule has 0 saturated heterocycles. The first-order valence-electron chi connectivity index (χ1n) is 7.99. The van der Waals surface area contributed by atoms with Gasteiger partial charge in [-0.05, 0) is 18.4 Å². The zero-order valence-corrected chi connectivity index (χ0v) is 13.9. The number of nitrogens with one attached hydrogen (secondary N) is 1. The molecule has 1 N–H and O–H groups in total. The maximum absolute atomic E-state index is 13.5. The minimum atomic E-state index is -4.47. The summed E-state index contributed by atoms with van der Waals surface area (Å²) < 4.78 is 53.3. The van der Waals surface area contributed by atoms with Crippen molar-refractivity contribution in [1.82, 2.24) is 19.4 Å². The monoisotopic (exact) mass is 371 g/mol. The number of urea groups is 1. The van der Waals surface area contributed by atoms with E-state index in [0.717, 1.165) is 12.4 Å². The molecule has 6 nitrogen and oxygen atoms in total. The summed E-state index contributed by atoms with van der Waals surface area (Å²) in [5.41, 5.74) is -0.875. The van der Waals surface area contributed by atoms with Crippen LogP contribution >= 0.6 is 0 Å². The average Bonchev–Trinajstić information content (AvgIpc) is 3.00. The average molecular weight is 371 g/mol. The van der Waals surface area contributed by atoms with Gasteiger partial charge in [-0.2, -0.15) is 13.2 Å². The Balaban J connectivity index is 1.60. The number of amides is 2. The van der Waals surface area contributed by atoms with Gasteiger partial charge < -0.3 is 14.8 Å². The number of imidazole rings is 1. The second kappa shape index (κ2) is 6.93. The summed E-state index contributed by atoms with van der Waals surface area (Å²) in [7, 11) is 1.55. The van der Waals surface area contributed by atoms with Gasteiger partial charge in [-0.3, -0.25) is 4.98 Å². The third-order valence-corrected chi connectivity index (χ3v) is 4.27. The highest BCUT2D eigenvalue weighted by Gasteiger charge is 2.36. The van der Waals surface area contributed by atoms with Crippen LogP contribution in [-0.4, -0.2) is 39.1 Å². The number of aromatic nitrogens is 3. The highest BCUT2D eigenvalue weighted by molar-refractivity contribution is 5.89. The zero-order chi connectivity index (χ0) is 18.9. The minimum absolute atomic E-state index is 0.0178. The van der Waals surface area contributed by atoms with Crippen LogP contribution in [0.3, 0.4) is 0 Å². The molecule has 0 spiro atoms. The zero-order valence-electron chi connectivity index (χ0n) is 13.9. The molecule has 0 bridgehead atoms. The minimum Gasteiger partial charge on any atom is -0.334 e. The van der Waals surface area contributed by atoms with Gasteiger partial charge in [0.05, 0.1) is 11.9 Å². The molecular formula is C16H17F4N5O. The Hall–Kier alpha value is -2.65. The van der Waals surface area contributed by atoms with Crippen LogP contribution < -0.4 is 5.32 Å². The standard InChI is InChI=1S/C16H17F4N5O/c1-24(15(26)22-12-4-5-21-6-11(12)17)7-10-2-3-14-23-13(16(18,19)20)9-25(14)8-10/h4-6,9-10H,2-3,7-8H2,1H3,(H,21,22,26). The second-order valence-electron chi connectivity index (χ2n) is 6.26. The van der Waals surface area contributed by atoms with E-state index in [-0.39, 0.29) is 11.6 Å². The van der Waals surface area contributed by atoms with Crippen LogP contribution in [0.15, 0.2) is 24.7 Å². The van der Waals surface area contributed by atoms with Gasteiger partial charge in [0.15, 0.2) is 11.5 Å². The molecule has 2 amide bonds. The lowest BCUT2D eigenvalue weighted by Gasteiger charge is -2.28. The van der Waals surface area contributed by atoms with E-state index in [9.17, 15) is 22.4 Å². The smallest absolute Gasteiger partial charge is 0.334 e. The molecular weight excluding hydrogens is 354 g/mol. The van der Waals surface area contributed by atoms with E-state index in [2.05, 4.69) is 15.3 Å². The topological polar surface area (TPSA) is 63.1 Å². The molecule has 2 aromatic heterocycles. The van der Waals surface area contributed by atoms with E-state index in [4.69, 9.17) is 0 Å². The van der Waals surface area contributed by atoms with Crippen molar-refractivity contribution in [3.05, 3.63) is 42.0 Å². The summed E-state index contributed by atoms with van der Waals surface area (Å²) in [6.07, 6.45) is -0.0715. The van der Waals surface area contributed by atoms with E-state index >= 15 is 0 Å². The highest BCUT2D eigenvalue weighted by atomic mass is 19.4. The maximum Gasteiger partial charge on any atom is 0.434 e. The molecule has 0 saturated carbocycles. The molecule has 0 fully saturated rings. The van der Waals surface area contributed by atoms with Crippen molar-refractivity contribution in [2.24, 2.45) is 5.92 Å². The van der Waals surface area contributed by atoms with Crippen LogP contribution in [0.5, 0.6) is 0 Å². The van der Waals surface area contributed by atoms with Gasteiger partial charge in [-0.15, -0.1) is 0 Å². The molecule has 0 radical (unpaired) electrons. The molecule has 0 aliphatic carbocycles. The molecule has 1 unspecified atom stereocenters. The highest BCUT2D eigenvalue weighted by Crippen LogP contribution is 2.30. The summed E-state index contributed by atoms with van der Waals surface area (Å²) in [5, 5.41) is 2.45. The Morgan fingerprint density at radius 3 is 2.92 bits per heavy atom. The number of carbonyl (C=O) groups is 1. The van der Waals surface area contributed by atoms with E-state index < -0.39 is 23.7 Å². The summed E-state index contributed by atoms with van der Waals surface area (Å²) in [5.74, 6) is -0.259. The van der Waals surface area contributed by atoms with Crippen molar-refractivity contribution in [3.8, 4) is 0 Å². The number of rotatable bonds is 3. The van der Waals surface area contributed by atoms with Crippen LogP contribution in [0.25, 0.3) is 0 Å². The van der Waals surface area contributed by atoms with Crippen LogP contribution in [-0.2, 0) is 19.1 Å². The van der Waals surface area contributed by atoms with Gasteiger partial charge in [0, 0.05) is 39.0 Å². The van der Waals surface area contributed by atoms with Crippen molar-refractivity contribution in [2.45, 2.75) is 25.6 Å². The fourth-order valence-corrected chi connectivity index (χ4v) is 2.96. The summed E-state index contributed by atoms with van der Waals surface area (Å²) in [6.45, 7) is 0.678. The molecule has 1 atom stereocenters.